The van der Waals surface area contributed by atoms with Crippen LogP contribution in [0.15, 0.2) is 53.4 Å². The van der Waals surface area contributed by atoms with E-state index in [1.165, 1.54) is 12.1 Å². The van der Waals surface area contributed by atoms with Crippen molar-refractivity contribution in [1.82, 2.24) is 0 Å². The molecule has 1 N–H and O–H groups in total. The fourth-order valence-corrected chi connectivity index (χ4v) is 2.51. The number of carbonyl (C=O) groups excluding carboxylic acids is 1. The molecule has 0 aromatic heterocycles. The molecule has 0 spiro atoms. The number of anilines is 1. The van der Waals surface area contributed by atoms with E-state index in [4.69, 9.17) is 0 Å². The van der Waals surface area contributed by atoms with Gasteiger partial charge < -0.3 is 5.32 Å². The van der Waals surface area contributed by atoms with E-state index in [9.17, 15) is 13.2 Å². The fraction of sp³-hybridized carbons (Fsp3) is 0.188. The predicted octanol–water partition coefficient (Wildman–Crippen LogP) is 2.58. The summed E-state index contributed by atoms with van der Waals surface area (Å²) in [7, 11) is -3.21. The van der Waals surface area contributed by atoms with Crippen molar-refractivity contribution in [3.05, 3.63) is 59.7 Å². The number of benzene rings is 2. The largest absolute Gasteiger partial charge is 0.326 e. The Morgan fingerprint density at radius 1 is 1.00 bits per heavy atom. The minimum Gasteiger partial charge on any atom is -0.326 e. The van der Waals surface area contributed by atoms with Crippen LogP contribution in [-0.2, 0) is 21.1 Å². The molecule has 2 rings (SSSR count). The number of amides is 1. The maximum Gasteiger partial charge on any atom is 0.228 e. The fourth-order valence-electron chi connectivity index (χ4n) is 1.88. The number of nitrogens with one attached hydrogen (secondary N) is 1. The number of aryl methyl sites for hydroxylation is 1. The molecule has 1 amide bonds. The Hall–Kier alpha value is -2.14. The van der Waals surface area contributed by atoms with E-state index >= 15 is 0 Å². The van der Waals surface area contributed by atoms with Crippen LogP contribution in [0.3, 0.4) is 0 Å². The molecule has 2 aromatic carbocycles. The van der Waals surface area contributed by atoms with Crippen molar-refractivity contribution < 1.29 is 13.2 Å². The van der Waals surface area contributed by atoms with Gasteiger partial charge in [-0.05, 0) is 36.8 Å². The molecule has 0 unspecified atom stereocenters. The summed E-state index contributed by atoms with van der Waals surface area (Å²) in [4.78, 5) is 12.2. The number of hydrogen-bond donors (Lipinski definition) is 1. The van der Waals surface area contributed by atoms with Crippen LogP contribution in [0.1, 0.15) is 11.1 Å². The Labute approximate surface area is 124 Å². The van der Waals surface area contributed by atoms with Crippen molar-refractivity contribution in [3.8, 4) is 0 Å². The van der Waals surface area contributed by atoms with Gasteiger partial charge in [-0.25, -0.2) is 8.42 Å². The highest BCUT2D eigenvalue weighted by atomic mass is 32.2. The number of carbonyl (C=O) groups is 1. The van der Waals surface area contributed by atoms with Gasteiger partial charge in [-0.15, -0.1) is 0 Å². The van der Waals surface area contributed by atoms with Crippen LogP contribution in [0.2, 0.25) is 0 Å². The van der Waals surface area contributed by atoms with Crippen molar-refractivity contribution in [2.45, 2.75) is 18.2 Å². The molecule has 0 heterocycles. The first-order valence-electron chi connectivity index (χ1n) is 6.50. The molecule has 0 fully saturated rings. The van der Waals surface area contributed by atoms with E-state index in [0.717, 1.165) is 17.4 Å². The first kappa shape index (κ1) is 15.3. The minimum atomic E-state index is -3.21. The number of sulfone groups is 1. The predicted molar refractivity (Wildman–Crippen MR) is 83.1 cm³/mol. The molecule has 21 heavy (non-hydrogen) atoms. The number of rotatable bonds is 4. The summed E-state index contributed by atoms with van der Waals surface area (Å²) in [6, 6.07) is 13.9. The van der Waals surface area contributed by atoms with Crippen LogP contribution in [0.5, 0.6) is 0 Å². The van der Waals surface area contributed by atoms with Gasteiger partial charge in [-0.2, -0.15) is 0 Å². The molecule has 5 heteroatoms. The van der Waals surface area contributed by atoms with E-state index in [2.05, 4.69) is 5.32 Å². The van der Waals surface area contributed by atoms with E-state index in [1.807, 2.05) is 31.2 Å². The molecule has 0 atom stereocenters. The summed E-state index contributed by atoms with van der Waals surface area (Å²) in [5, 5.41) is 2.75. The van der Waals surface area contributed by atoms with Gasteiger partial charge in [-0.3, -0.25) is 4.79 Å². The summed E-state index contributed by atoms with van der Waals surface area (Å²) >= 11 is 0. The minimum absolute atomic E-state index is 0.133. The summed E-state index contributed by atoms with van der Waals surface area (Å²) in [5.41, 5.74) is 2.67. The maximum atomic E-state index is 11.9. The SMILES string of the molecule is Cc1ccc(CC(=O)Nc2ccc(S(C)(=O)=O)cc2)cc1. The molecular weight excluding hydrogens is 286 g/mol. The first-order valence-corrected chi connectivity index (χ1v) is 8.39. The molecular formula is C16H17NO3S. The molecule has 0 radical (unpaired) electrons. The average Bonchev–Trinajstić information content (AvgIpc) is 2.41. The Kier molecular flexibility index (Phi) is 4.43. The van der Waals surface area contributed by atoms with Crippen molar-refractivity contribution in [2.24, 2.45) is 0 Å². The van der Waals surface area contributed by atoms with Crippen LogP contribution < -0.4 is 5.32 Å². The molecule has 110 valence electrons. The Morgan fingerprint density at radius 3 is 2.10 bits per heavy atom. The zero-order chi connectivity index (χ0) is 15.5. The van der Waals surface area contributed by atoms with Gasteiger partial charge in [0.15, 0.2) is 9.84 Å². The van der Waals surface area contributed by atoms with Gasteiger partial charge in [0.2, 0.25) is 5.91 Å². The highest BCUT2D eigenvalue weighted by Crippen LogP contribution is 2.14. The van der Waals surface area contributed by atoms with Crippen LogP contribution in [0.4, 0.5) is 5.69 Å². The Bertz CT molecular complexity index is 732. The molecule has 2 aromatic rings. The van der Waals surface area contributed by atoms with Crippen molar-refractivity contribution in [2.75, 3.05) is 11.6 Å². The molecule has 0 saturated carbocycles. The molecule has 0 aliphatic rings. The van der Waals surface area contributed by atoms with Gasteiger partial charge in [0.1, 0.15) is 0 Å². The van der Waals surface area contributed by atoms with Gasteiger partial charge in [0.25, 0.3) is 0 Å². The van der Waals surface area contributed by atoms with E-state index in [-0.39, 0.29) is 17.2 Å². The summed E-state index contributed by atoms with van der Waals surface area (Å²) < 4.78 is 22.7. The standard InChI is InChI=1S/C16H17NO3S/c1-12-3-5-13(6-4-12)11-16(18)17-14-7-9-15(10-8-14)21(2,19)20/h3-10H,11H2,1-2H3,(H,17,18). The lowest BCUT2D eigenvalue weighted by molar-refractivity contribution is -0.115. The van der Waals surface area contributed by atoms with Gasteiger partial charge >= 0.3 is 0 Å². The third-order valence-corrected chi connectivity index (χ3v) is 4.18. The van der Waals surface area contributed by atoms with Gasteiger partial charge in [-0.1, -0.05) is 29.8 Å². The van der Waals surface area contributed by atoms with Crippen LogP contribution >= 0.6 is 0 Å². The third kappa shape index (κ3) is 4.43. The van der Waals surface area contributed by atoms with E-state index in [1.54, 1.807) is 12.1 Å². The van der Waals surface area contributed by atoms with E-state index < -0.39 is 9.84 Å². The highest BCUT2D eigenvalue weighted by Gasteiger charge is 2.08. The topological polar surface area (TPSA) is 63.2 Å². The second kappa shape index (κ2) is 6.10. The average molecular weight is 303 g/mol. The smallest absolute Gasteiger partial charge is 0.228 e. The van der Waals surface area contributed by atoms with Crippen LogP contribution in [0, 0.1) is 6.92 Å². The Morgan fingerprint density at radius 2 is 1.57 bits per heavy atom. The second-order valence-electron chi connectivity index (χ2n) is 5.01. The molecule has 0 bridgehead atoms. The normalized spacial score (nSPS) is 11.1. The first-order chi connectivity index (χ1) is 9.84. The molecule has 0 saturated heterocycles. The molecule has 0 aliphatic heterocycles. The number of hydrogen-bond acceptors (Lipinski definition) is 3. The zero-order valence-electron chi connectivity index (χ0n) is 12.0. The highest BCUT2D eigenvalue weighted by molar-refractivity contribution is 7.90. The quantitative estimate of drug-likeness (QED) is 0.944. The van der Waals surface area contributed by atoms with Crippen molar-refractivity contribution in [1.29, 1.82) is 0 Å². The van der Waals surface area contributed by atoms with Crippen LogP contribution in [0.25, 0.3) is 0 Å². The summed E-state index contributed by atoms with van der Waals surface area (Å²) in [5.74, 6) is -0.133. The van der Waals surface area contributed by atoms with Crippen LogP contribution in [-0.4, -0.2) is 20.6 Å². The molecule has 4 nitrogen and oxygen atoms in total. The van der Waals surface area contributed by atoms with Gasteiger partial charge in [0, 0.05) is 11.9 Å². The lowest BCUT2D eigenvalue weighted by Crippen LogP contribution is -2.14. The monoisotopic (exact) mass is 303 g/mol. The van der Waals surface area contributed by atoms with Gasteiger partial charge in [0.05, 0.1) is 11.3 Å². The summed E-state index contributed by atoms with van der Waals surface area (Å²) in [6.07, 6.45) is 1.44. The maximum absolute atomic E-state index is 11.9. The van der Waals surface area contributed by atoms with E-state index in [0.29, 0.717) is 5.69 Å². The van der Waals surface area contributed by atoms with Crippen molar-refractivity contribution >= 4 is 21.4 Å². The third-order valence-electron chi connectivity index (χ3n) is 3.05. The van der Waals surface area contributed by atoms with Crippen molar-refractivity contribution in [3.63, 3.8) is 0 Å². The zero-order valence-corrected chi connectivity index (χ0v) is 12.8. The Balaban J connectivity index is 2.01. The summed E-state index contributed by atoms with van der Waals surface area (Å²) in [6.45, 7) is 1.99. The second-order valence-corrected chi connectivity index (χ2v) is 7.02. The lowest BCUT2D eigenvalue weighted by atomic mass is 10.1. The lowest BCUT2D eigenvalue weighted by Gasteiger charge is -2.06. The molecule has 0 aliphatic carbocycles.